The maximum atomic E-state index is 11.6. The third-order valence-corrected chi connectivity index (χ3v) is 12.8. The van der Waals surface area contributed by atoms with Gasteiger partial charge in [-0.05, 0) is 138 Å². The first-order valence-corrected chi connectivity index (χ1v) is 23.4. The molecule has 0 spiro atoms. The largest absolute Gasteiger partial charge is 0.478 e. The molecule has 14 heteroatoms. The van der Waals surface area contributed by atoms with Gasteiger partial charge in [0, 0.05) is 15.6 Å². The standard InChI is InChI=1S/C27H28N2O5.C26H28BrNO5/c1-17-6-3-9-21(25(17)27(30)31)15-32-22-10-5-11-23(13-22)33-16-24-18(2)34-26(29-24)20-8-4-7-19(12-20)14-28;1-16-6-3-8-19(24(16)26(29)30)14-31-21-10-5-11-22(13-21)32-15-23-17(2)33-25(28-23)18-7-4-9-20(27)12-18/h3-4,6-9,12,22-23H,5,10-11,13,15-16H2,1-2H3,(H,30,31);3-4,6-9,12,21-22H,5,10-11,13-15H2,1-2H3,(H,29,30). The summed E-state index contributed by atoms with van der Waals surface area (Å²) in [6, 6.07) is 28.1. The Bertz CT molecular complexity index is 2700. The number of oxazole rings is 2. The number of carboxylic acid groups (broad SMARTS) is 2. The van der Waals surface area contributed by atoms with E-state index < -0.39 is 11.9 Å². The summed E-state index contributed by atoms with van der Waals surface area (Å²) in [5, 5.41) is 28.2. The molecule has 13 nitrogen and oxygen atoms in total. The number of hydrogen-bond acceptors (Lipinski definition) is 11. The number of carbonyl (C=O) groups is 2. The van der Waals surface area contributed by atoms with E-state index in [0.29, 0.717) is 65.2 Å². The molecule has 67 heavy (non-hydrogen) atoms. The number of benzene rings is 4. The second-order valence-corrected chi connectivity index (χ2v) is 18.1. The van der Waals surface area contributed by atoms with Crippen molar-refractivity contribution in [1.29, 1.82) is 5.26 Å². The van der Waals surface area contributed by atoms with E-state index >= 15 is 0 Å². The highest BCUT2D eigenvalue weighted by molar-refractivity contribution is 9.10. The molecule has 2 N–H and O–H groups in total. The van der Waals surface area contributed by atoms with Gasteiger partial charge in [0.1, 0.15) is 22.9 Å². The number of aromatic nitrogens is 2. The molecule has 0 saturated heterocycles. The minimum Gasteiger partial charge on any atom is -0.478 e. The maximum absolute atomic E-state index is 11.6. The first kappa shape index (κ1) is 49.0. The van der Waals surface area contributed by atoms with Gasteiger partial charge in [0.25, 0.3) is 0 Å². The summed E-state index contributed by atoms with van der Waals surface area (Å²) in [5.41, 5.74) is 7.33. The summed E-state index contributed by atoms with van der Waals surface area (Å²) in [6.07, 6.45) is 7.49. The lowest BCUT2D eigenvalue weighted by Gasteiger charge is -2.29. The van der Waals surface area contributed by atoms with Gasteiger partial charge in [-0.25, -0.2) is 19.6 Å². The van der Waals surface area contributed by atoms with Gasteiger partial charge in [0.15, 0.2) is 0 Å². The molecule has 4 aromatic carbocycles. The van der Waals surface area contributed by atoms with Crippen LogP contribution < -0.4 is 0 Å². The summed E-state index contributed by atoms with van der Waals surface area (Å²) >= 11 is 3.48. The highest BCUT2D eigenvalue weighted by Gasteiger charge is 2.27. The Hall–Kier alpha value is -5.95. The molecule has 4 atom stereocenters. The van der Waals surface area contributed by atoms with Crippen LogP contribution in [0.25, 0.3) is 22.9 Å². The Labute approximate surface area is 399 Å². The zero-order valence-electron chi connectivity index (χ0n) is 38.3. The molecule has 4 unspecified atom stereocenters. The van der Waals surface area contributed by atoms with Crippen LogP contribution in [0.15, 0.2) is 98.2 Å². The molecule has 0 bridgehead atoms. The van der Waals surface area contributed by atoms with Crippen molar-refractivity contribution in [1.82, 2.24) is 9.97 Å². The first-order valence-electron chi connectivity index (χ1n) is 22.6. The minimum absolute atomic E-state index is 0.0172. The van der Waals surface area contributed by atoms with Crippen molar-refractivity contribution < 1.29 is 47.6 Å². The molecule has 2 saturated carbocycles. The lowest BCUT2D eigenvalue weighted by molar-refractivity contribution is -0.0565. The smallest absolute Gasteiger partial charge is 0.336 e. The van der Waals surface area contributed by atoms with Gasteiger partial charge >= 0.3 is 11.9 Å². The van der Waals surface area contributed by atoms with E-state index in [9.17, 15) is 19.8 Å². The van der Waals surface area contributed by atoms with E-state index in [1.54, 1.807) is 25.1 Å². The molecule has 2 heterocycles. The predicted molar refractivity (Wildman–Crippen MR) is 253 cm³/mol. The van der Waals surface area contributed by atoms with E-state index in [-0.39, 0.29) is 31.0 Å². The minimum atomic E-state index is -0.928. The van der Waals surface area contributed by atoms with Crippen LogP contribution in [0.5, 0.6) is 0 Å². The van der Waals surface area contributed by atoms with Crippen molar-refractivity contribution >= 4 is 27.9 Å². The van der Waals surface area contributed by atoms with Gasteiger partial charge < -0.3 is 38.0 Å². The van der Waals surface area contributed by atoms with Crippen LogP contribution in [0.3, 0.4) is 0 Å². The molecule has 6 aromatic rings. The van der Waals surface area contributed by atoms with E-state index in [1.807, 2.05) is 87.5 Å². The van der Waals surface area contributed by atoms with Gasteiger partial charge in [-0.2, -0.15) is 5.26 Å². The summed E-state index contributed by atoms with van der Waals surface area (Å²) in [4.78, 5) is 32.4. The van der Waals surface area contributed by atoms with Crippen molar-refractivity contribution in [2.24, 2.45) is 0 Å². The fraction of sp³-hybridized carbons (Fsp3) is 0.377. The zero-order chi connectivity index (χ0) is 47.5. The van der Waals surface area contributed by atoms with Gasteiger partial charge in [-0.3, -0.25) is 0 Å². The number of nitrogens with zero attached hydrogens (tertiary/aromatic N) is 3. The molecular formula is C53H56BrN3O10. The number of ether oxygens (including phenoxy) is 4. The Kier molecular flexibility index (Phi) is 16.9. The third-order valence-electron chi connectivity index (χ3n) is 12.3. The fourth-order valence-electron chi connectivity index (χ4n) is 8.64. The van der Waals surface area contributed by atoms with Crippen LogP contribution >= 0.6 is 15.9 Å². The van der Waals surface area contributed by atoms with Crippen molar-refractivity contribution in [3.05, 3.63) is 151 Å². The molecule has 2 aliphatic rings. The monoisotopic (exact) mass is 973 g/mol. The van der Waals surface area contributed by atoms with Crippen LogP contribution in [0.1, 0.15) is 123 Å². The molecular weight excluding hydrogens is 918 g/mol. The highest BCUT2D eigenvalue weighted by Crippen LogP contribution is 2.31. The van der Waals surface area contributed by atoms with Crippen molar-refractivity contribution in [3.63, 3.8) is 0 Å². The molecule has 0 amide bonds. The summed E-state index contributed by atoms with van der Waals surface area (Å²) in [5.74, 6) is 0.677. The van der Waals surface area contributed by atoms with Crippen LogP contribution in [-0.4, -0.2) is 56.5 Å². The molecule has 2 aromatic heterocycles. The van der Waals surface area contributed by atoms with Crippen LogP contribution in [-0.2, 0) is 45.4 Å². The van der Waals surface area contributed by atoms with Crippen LogP contribution in [0.4, 0.5) is 0 Å². The molecule has 8 rings (SSSR count). The highest BCUT2D eigenvalue weighted by atomic mass is 79.9. The SMILES string of the molecule is Cc1cccc(COC2CCCC(OCc3nc(-c4cccc(Br)c4)oc3C)C2)c1C(=O)O.Cc1cccc(COC2CCCC(OCc3nc(-c4cccc(C#N)c4)oc3C)C2)c1C(=O)O. The lowest BCUT2D eigenvalue weighted by atomic mass is 9.94. The number of aryl methyl sites for hydroxylation is 4. The molecule has 350 valence electrons. The molecule has 0 radical (unpaired) electrons. The van der Waals surface area contributed by atoms with Crippen LogP contribution in [0.2, 0.25) is 0 Å². The Morgan fingerprint density at radius 2 is 1.04 bits per heavy atom. The van der Waals surface area contributed by atoms with Crippen molar-refractivity contribution in [2.45, 2.75) is 130 Å². The van der Waals surface area contributed by atoms with Gasteiger partial charge in [0.2, 0.25) is 11.8 Å². The van der Waals surface area contributed by atoms with E-state index in [0.717, 1.165) is 95.2 Å². The lowest BCUT2D eigenvalue weighted by Crippen LogP contribution is -2.28. The topological polar surface area (TPSA) is 187 Å². The summed E-state index contributed by atoms with van der Waals surface area (Å²) < 4.78 is 37.2. The van der Waals surface area contributed by atoms with Gasteiger partial charge in [0.05, 0.1) is 73.6 Å². The average molecular weight is 975 g/mol. The number of nitriles is 1. The fourth-order valence-corrected chi connectivity index (χ4v) is 9.04. The number of aromatic carboxylic acids is 2. The van der Waals surface area contributed by atoms with Gasteiger partial charge in [-0.15, -0.1) is 0 Å². The second-order valence-electron chi connectivity index (χ2n) is 17.1. The average Bonchev–Trinajstić information content (AvgIpc) is 3.89. The summed E-state index contributed by atoms with van der Waals surface area (Å²) in [7, 11) is 0. The molecule has 2 aliphatic carbocycles. The molecule has 0 aliphatic heterocycles. The molecule has 2 fully saturated rings. The number of carboxylic acids is 2. The Balaban J connectivity index is 0.000000199. The van der Waals surface area contributed by atoms with Crippen molar-refractivity contribution in [2.75, 3.05) is 0 Å². The predicted octanol–water partition coefficient (Wildman–Crippen LogP) is 12.0. The second kappa shape index (κ2) is 23.2. The quantitative estimate of drug-likeness (QED) is 0.0933. The number of halogens is 1. The van der Waals surface area contributed by atoms with E-state index in [2.05, 4.69) is 32.0 Å². The van der Waals surface area contributed by atoms with Crippen LogP contribution in [0, 0.1) is 39.0 Å². The normalized spacial score (nSPS) is 18.1. The van der Waals surface area contributed by atoms with Gasteiger partial charge in [-0.1, -0.05) is 64.5 Å². The summed E-state index contributed by atoms with van der Waals surface area (Å²) in [6.45, 7) is 8.67. The zero-order valence-corrected chi connectivity index (χ0v) is 39.8. The number of rotatable bonds is 16. The maximum Gasteiger partial charge on any atom is 0.336 e. The Morgan fingerprint density at radius 1 is 0.627 bits per heavy atom. The Morgan fingerprint density at radius 3 is 1.48 bits per heavy atom. The van der Waals surface area contributed by atoms with Crippen molar-refractivity contribution in [3.8, 4) is 29.0 Å². The van der Waals surface area contributed by atoms with E-state index in [1.165, 1.54) is 0 Å². The number of hydrogen-bond donors (Lipinski definition) is 2. The van der Waals surface area contributed by atoms with E-state index in [4.69, 9.17) is 33.0 Å². The third kappa shape index (κ3) is 13.1. The first-order chi connectivity index (χ1) is 32.3.